The summed E-state index contributed by atoms with van der Waals surface area (Å²) in [7, 11) is 0. The molecule has 0 spiro atoms. The van der Waals surface area contributed by atoms with Crippen molar-refractivity contribution in [1.82, 2.24) is 15.3 Å². The van der Waals surface area contributed by atoms with Gasteiger partial charge in [0, 0.05) is 37.4 Å². The zero-order chi connectivity index (χ0) is 24.1. The number of rotatable bonds is 7. The van der Waals surface area contributed by atoms with Crippen LogP contribution in [-0.2, 0) is 9.53 Å². The van der Waals surface area contributed by atoms with E-state index in [0.717, 1.165) is 56.3 Å². The summed E-state index contributed by atoms with van der Waals surface area (Å²) in [5.74, 6) is -0.0263. The molecule has 2 aromatic rings. The van der Waals surface area contributed by atoms with Crippen molar-refractivity contribution in [3.8, 4) is 5.88 Å². The first-order valence-electron chi connectivity index (χ1n) is 12.1. The monoisotopic (exact) mass is 471 g/mol. The zero-order valence-electron chi connectivity index (χ0n) is 20.1. The molecule has 1 aliphatic heterocycles. The van der Waals surface area contributed by atoms with E-state index in [-0.39, 0.29) is 36.0 Å². The number of carbonyl (C=O) groups excluding carboxylic acids is 1. The second-order valence-corrected chi connectivity index (χ2v) is 9.41. The molecule has 2 fully saturated rings. The lowest BCUT2D eigenvalue weighted by atomic mass is 9.86. The van der Waals surface area contributed by atoms with Crippen molar-refractivity contribution >= 4 is 23.2 Å². The fourth-order valence-electron chi connectivity index (χ4n) is 4.74. The highest BCUT2D eigenvalue weighted by molar-refractivity contribution is 5.73. The summed E-state index contributed by atoms with van der Waals surface area (Å²) in [5.41, 5.74) is 1.94. The fourth-order valence-corrected chi connectivity index (χ4v) is 4.74. The lowest BCUT2D eigenvalue weighted by Gasteiger charge is -2.36. The molecule has 8 nitrogen and oxygen atoms in total. The smallest absolute Gasteiger partial charge is 0.255 e. The first-order chi connectivity index (χ1) is 16.4. The lowest BCUT2D eigenvalue weighted by Crippen LogP contribution is -2.45. The van der Waals surface area contributed by atoms with Gasteiger partial charge in [-0.3, -0.25) is 4.79 Å². The van der Waals surface area contributed by atoms with Crippen LogP contribution in [0.25, 0.3) is 0 Å². The number of morpholine rings is 1. The van der Waals surface area contributed by atoms with Crippen molar-refractivity contribution in [2.45, 2.75) is 64.7 Å². The van der Waals surface area contributed by atoms with E-state index in [1.165, 1.54) is 6.92 Å². The molecular weight excluding hydrogens is 437 g/mol. The minimum atomic E-state index is -0.580. The Kier molecular flexibility index (Phi) is 7.82. The van der Waals surface area contributed by atoms with E-state index >= 15 is 0 Å². The maximum atomic E-state index is 14.2. The van der Waals surface area contributed by atoms with Crippen molar-refractivity contribution < 1.29 is 18.7 Å². The van der Waals surface area contributed by atoms with Crippen molar-refractivity contribution in [2.75, 3.05) is 29.9 Å². The molecule has 2 atom stereocenters. The van der Waals surface area contributed by atoms with Gasteiger partial charge in [0.25, 0.3) is 5.88 Å². The van der Waals surface area contributed by atoms with Gasteiger partial charge in [-0.25, -0.2) is 4.98 Å². The Morgan fingerprint density at radius 2 is 1.82 bits per heavy atom. The van der Waals surface area contributed by atoms with Crippen LogP contribution in [0.5, 0.6) is 5.88 Å². The summed E-state index contributed by atoms with van der Waals surface area (Å²) in [4.78, 5) is 21.8. The summed E-state index contributed by atoms with van der Waals surface area (Å²) in [6.07, 6.45) is 5.18. The highest BCUT2D eigenvalue weighted by Crippen LogP contribution is 2.27. The largest absolute Gasteiger partial charge is 0.475 e. The van der Waals surface area contributed by atoms with Crippen LogP contribution in [0, 0.1) is 11.7 Å². The predicted molar refractivity (Wildman–Crippen MR) is 129 cm³/mol. The average Bonchev–Trinajstić information content (AvgIpc) is 2.80. The number of hydrogen-bond donors (Lipinski definition) is 2. The third-order valence-corrected chi connectivity index (χ3v) is 6.33. The van der Waals surface area contributed by atoms with E-state index in [9.17, 15) is 9.18 Å². The molecule has 0 unspecified atom stereocenters. The van der Waals surface area contributed by atoms with Crippen LogP contribution in [0.15, 0.2) is 30.5 Å². The summed E-state index contributed by atoms with van der Waals surface area (Å²) >= 11 is 0. The summed E-state index contributed by atoms with van der Waals surface area (Å²) in [6, 6.07) is 8.24. The minimum absolute atomic E-state index is 0.00252. The predicted octanol–water partition coefficient (Wildman–Crippen LogP) is 4.05. The van der Waals surface area contributed by atoms with E-state index < -0.39 is 5.82 Å². The number of nitrogens with one attached hydrogen (secondary N) is 2. The number of aromatic nitrogens is 2. The molecule has 1 saturated heterocycles. The molecule has 0 bridgehead atoms. The van der Waals surface area contributed by atoms with Gasteiger partial charge in [-0.2, -0.15) is 9.37 Å². The van der Waals surface area contributed by atoms with E-state index in [4.69, 9.17) is 9.47 Å². The Balaban J connectivity index is 1.31. The van der Waals surface area contributed by atoms with Crippen molar-refractivity contribution in [3.63, 3.8) is 0 Å². The van der Waals surface area contributed by atoms with Crippen LogP contribution < -0.4 is 20.3 Å². The summed E-state index contributed by atoms with van der Waals surface area (Å²) in [5, 5.41) is 6.09. The number of benzene rings is 1. The Labute approximate surface area is 200 Å². The zero-order valence-corrected chi connectivity index (χ0v) is 20.1. The highest BCUT2D eigenvalue weighted by atomic mass is 19.1. The first-order valence-corrected chi connectivity index (χ1v) is 12.1. The molecule has 0 radical (unpaired) electrons. The molecule has 1 amide bonds. The number of carbonyl (C=O) groups is 1. The SMILES string of the molecule is CC(=O)NC1CCC(COc2nc(Nc3ccc(N4C[C@@H](C)O[C@@H](C)C4)cc3)ncc2F)CC1. The van der Waals surface area contributed by atoms with Gasteiger partial charge in [0.05, 0.1) is 25.0 Å². The molecule has 2 aliphatic rings. The Morgan fingerprint density at radius 1 is 1.15 bits per heavy atom. The van der Waals surface area contributed by atoms with Crippen LogP contribution in [0.1, 0.15) is 46.5 Å². The number of nitrogens with zero attached hydrogens (tertiary/aromatic N) is 3. The van der Waals surface area contributed by atoms with Crippen molar-refractivity contribution in [2.24, 2.45) is 5.92 Å². The number of halogens is 1. The summed E-state index contributed by atoms with van der Waals surface area (Å²) < 4.78 is 25.8. The number of ether oxygens (including phenoxy) is 2. The van der Waals surface area contributed by atoms with Gasteiger partial charge in [0.1, 0.15) is 0 Å². The quantitative estimate of drug-likeness (QED) is 0.630. The lowest BCUT2D eigenvalue weighted by molar-refractivity contribution is -0.119. The van der Waals surface area contributed by atoms with Crippen LogP contribution in [0.2, 0.25) is 0 Å². The third kappa shape index (κ3) is 6.56. The standard InChI is InChI=1S/C25H34FN5O3/c1-16-13-31(14-17(2)34-16)22-10-8-21(9-11-22)29-25-27-12-23(26)24(30-25)33-15-19-4-6-20(7-5-19)28-18(3)32/h8-12,16-17,19-20H,4-7,13-15H2,1-3H3,(H,28,32)(H,27,29,30)/t16-,17+,19?,20?. The second kappa shape index (κ2) is 11.0. The van der Waals surface area contributed by atoms with Gasteiger partial charge in [-0.1, -0.05) is 0 Å². The van der Waals surface area contributed by atoms with Crippen molar-refractivity contribution in [3.05, 3.63) is 36.3 Å². The van der Waals surface area contributed by atoms with E-state index in [2.05, 4.69) is 39.3 Å². The highest BCUT2D eigenvalue weighted by Gasteiger charge is 2.24. The molecule has 1 aromatic carbocycles. The van der Waals surface area contributed by atoms with Gasteiger partial charge in [-0.15, -0.1) is 0 Å². The maximum absolute atomic E-state index is 14.2. The second-order valence-electron chi connectivity index (χ2n) is 9.41. The fraction of sp³-hybridized carbons (Fsp3) is 0.560. The normalized spacial score (nSPS) is 25.0. The third-order valence-electron chi connectivity index (χ3n) is 6.33. The topological polar surface area (TPSA) is 88.6 Å². The van der Waals surface area contributed by atoms with E-state index in [1.54, 1.807) is 0 Å². The molecule has 1 aromatic heterocycles. The van der Waals surface area contributed by atoms with Crippen LogP contribution >= 0.6 is 0 Å². The Bertz CT molecular complexity index is 956. The van der Waals surface area contributed by atoms with Crippen molar-refractivity contribution in [1.29, 1.82) is 0 Å². The molecule has 184 valence electrons. The molecule has 4 rings (SSSR count). The van der Waals surface area contributed by atoms with E-state index in [1.807, 2.05) is 24.3 Å². The van der Waals surface area contributed by atoms with Gasteiger partial charge < -0.3 is 25.0 Å². The Hall–Kier alpha value is -2.94. The molecule has 1 aliphatic carbocycles. The first kappa shape index (κ1) is 24.2. The van der Waals surface area contributed by atoms with Crippen LogP contribution in [0.3, 0.4) is 0 Å². The summed E-state index contributed by atoms with van der Waals surface area (Å²) in [6.45, 7) is 7.81. The Morgan fingerprint density at radius 3 is 2.47 bits per heavy atom. The molecule has 9 heteroatoms. The van der Waals surface area contributed by atoms with E-state index in [0.29, 0.717) is 12.5 Å². The van der Waals surface area contributed by atoms with Crippen LogP contribution in [-0.4, -0.2) is 53.8 Å². The van der Waals surface area contributed by atoms with Gasteiger partial charge >= 0.3 is 0 Å². The van der Waals surface area contributed by atoms with Crippen LogP contribution in [0.4, 0.5) is 21.7 Å². The van der Waals surface area contributed by atoms with Gasteiger partial charge in [-0.05, 0) is 69.7 Å². The molecular formula is C25H34FN5O3. The molecule has 2 N–H and O–H groups in total. The minimum Gasteiger partial charge on any atom is -0.475 e. The average molecular weight is 472 g/mol. The number of amides is 1. The number of hydrogen-bond acceptors (Lipinski definition) is 7. The van der Waals surface area contributed by atoms with Gasteiger partial charge in [0.2, 0.25) is 17.7 Å². The van der Waals surface area contributed by atoms with Gasteiger partial charge in [0.15, 0.2) is 0 Å². The maximum Gasteiger partial charge on any atom is 0.255 e. The molecule has 34 heavy (non-hydrogen) atoms. The number of anilines is 3. The molecule has 2 heterocycles. The molecule has 1 saturated carbocycles.